The molecule has 1 aromatic rings. The predicted octanol–water partition coefficient (Wildman–Crippen LogP) is 0.803. The van der Waals surface area contributed by atoms with Crippen molar-refractivity contribution in [2.45, 2.75) is 25.7 Å². The molecule has 1 saturated heterocycles. The van der Waals surface area contributed by atoms with Crippen LogP contribution in [0.3, 0.4) is 0 Å². The fourth-order valence-electron chi connectivity index (χ4n) is 2.46. The molecule has 0 bridgehead atoms. The third-order valence-corrected chi connectivity index (χ3v) is 4.50. The number of aromatic nitrogens is 2. The van der Waals surface area contributed by atoms with Crippen molar-refractivity contribution >= 4 is 17.2 Å². The van der Waals surface area contributed by atoms with E-state index in [1.165, 1.54) is 11.3 Å². The van der Waals surface area contributed by atoms with Gasteiger partial charge in [-0.15, -0.1) is 0 Å². The zero-order valence-corrected chi connectivity index (χ0v) is 10.5. The molecule has 92 valence electrons. The number of carbonyl (C=O) groups is 1. The van der Waals surface area contributed by atoms with Gasteiger partial charge in [-0.05, 0) is 18.8 Å². The number of hydrogen-bond acceptors (Lipinski definition) is 4. The Hall–Kier alpha value is -1.17. The molecule has 1 aromatic heterocycles. The minimum Gasteiger partial charge on any atom is -0.341 e. The molecule has 1 saturated carbocycles. The minimum absolute atomic E-state index is 0.112. The number of hydrogen-bond donors (Lipinski definition) is 1. The van der Waals surface area contributed by atoms with Gasteiger partial charge in [0.2, 0.25) is 5.91 Å². The van der Waals surface area contributed by atoms with Crippen LogP contribution in [0.2, 0.25) is 0 Å². The van der Waals surface area contributed by atoms with E-state index in [4.69, 9.17) is 0 Å². The topological polar surface area (TPSA) is 66.1 Å². The lowest BCUT2D eigenvalue weighted by atomic mass is 9.99. The Kier molecular flexibility index (Phi) is 2.54. The first kappa shape index (κ1) is 11.0. The Labute approximate surface area is 103 Å². The molecule has 0 aromatic carbocycles. The molecule has 2 fully saturated rings. The highest BCUT2D eigenvalue weighted by Crippen LogP contribution is 2.37. The fraction of sp³-hybridized carbons (Fsp3) is 0.727. The van der Waals surface area contributed by atoms with Crippen molar-refractivity contribution in [1.82, 2.24) is 15.1 Å². The van der Waals surface area contributed by atoms with Gasteiger partial charge in [0.05, 0.1) is 0 Å². The molecule has 0 unspecified atom stereocenters. The largest absolute Gasteiger partial charge is 0.341 e. The first-order valence-corrected chi connectivity index (χ1v) is 6.81. The highest BCUT2D eigenvalue weighted by Gasteiger charge is 2.40. The zero-order valence-electron chi connectivity index (χ0n) is 9.68. The molecule has 0 spiro atoms. The lowest BCUT2D eigenvalue weighted by molar-refractivity contribution is -0.131. The van der Waals surface area contributed by atoms with E-state index in [1.807, 2.05) is 4.90 Å². The summed E-state index contributed by atoms with van der Waals surface area (Å²) in [6, 6.07) is 0. The number of amides is 1. The first-order valence-electron chi connectivity index (χ1n) is 5.99. The fourth-order valence-corrected chi connectivity index (χ4v) is 3.29. The maximum Gasteiger partial charge on any atom is 0.322 e. The Morgan fingerprint density at radius 3 is 2.82 bits per heavy atom. The van der Waals surface area contributed by atoms with Crippen LogP contribution < -0.4 is 4.87 Å². The second-order valence-electron chi connectivity index (χ2n) is 5.05. The van der Waals surface area contributed by atoms with Gasteiger partial charge in [0.15, 0.2) is 0 Å². The minimum atomic E-state index is -0.112. The van der Waals surface area contributed by atoms with Crippen molar-refractivity contribution in [3.8, 4) is 0 Å². The predicted molar refractivity (Wildman–Crippen MR) is 63.9 cm³/mol. The molecular weight excluding hydrogens is 238 g/mol. The average Bonchev–Trinajstić information content (AvgIpc) is 2.96. The molecule has 1 N–H and O–H groups in total. The maximum atomic E-state index is 12.0. The Morgan fingerprint density at radius 1 is 1.47 bits per heavy atom. The number of nitrogens with one attached hydrogen (secondary N) is 1. The molecule has 5 nitrogen and oxygen atoms in total. The van der Waals surface area contributed by atoms with Crippen LogP contribution in [0.25, 0.3) is 0 Å². The lowest BCUT2D eigenvalue weighted by Crippen LogP contribution is -2.30. The van der Waals surface area contributed by atoms with Gasteiger partial charge in [-0.2, -0.15) is 5.10 Å². The molecule has 2 aliphatic rings. The van der Waals surface area contributed by atoms with Crippen molar-refractivity contribution in [2.75, 3.05) is 13.1 Å². The SMILES string of the molecule is C[C@@H]1CN(C(=O)C2CC2)C[C@@H]1c1n[nH]c(=O)s1. The van der Waals surface area contributed by atoms with Gasteiger partial charge in [-0.3, -0.25) is 9.59 Å². The van der Waals surface area contributed by atoms with E-state index in [-0.39, 0.29) is 16.7 Å². The molecule has 2 heterocycles. The van der Waals surface area contributed by atoms with Gasteiger partial charge in [0.25, 0.3) is 0 Å². The third kappa shape index (κ3) is 2.01. The van der Waals surface area contributed by atoms with Gasteiger partial charge in [0, 0.05) is 24.9 Å². The molecule has 1 aliphatic carbocycles. The molecule has 2 atom stereocenters. The van der Waals surface area contributed by atoms with Gasteiger partial charge < -0.3 is 4.90 Å². The van der Waals surface area contributed by atoms with E-state index >= 15 is 0 Å². The van der Waals surface area contributed by atoms with E-state index in [0.29, 0.717) is 11.8 Å². The van der Waals surface area contributed by atoms with Gasteiger partial charge >= 0.3 is 4.87 Å². The molecule has 17 heavy (non-hydrogen) atoms. The van der Waals surface area contributed by atoms with Crippen LogP contribution in [-0.2, 0) is 4.79 Å². The maximum absolute atomic E-state index is 12.0. The summed E-state index contributed by atoms with van der Waals surface area (Å²) in [4.78, 5) is 24.9. The molecule has 1 aliphatic heterocycles. The van der Waals surface area contributed by atoms with E-state index in [2.05, 4.69) is 17.1 Å². The smallest absolute Gasteiger partial charge is 0.322 e. The van der Waals surface area contributed by atoms with Crippen LogP contribution in [0.5, 0.6) is 0 Å². The zero-order chi connectivity index (χ0) is 12.0. The van der Waals surface area contributed by atoms with E-state index in [0.717, 1.165) is 30.9 Å². The number of H-pyrrole nitrogens is 1. The lowest BCUT2D eigenvalue weighted by Gasteiger charge is -2.15. The molecule has 1 amide bonds. The highest BCUT2D eigenvalue weighted by molar-refractivity contribution is 7.08. The Bertz CT molecular complexity index is 491. The van der Waals surface area contributed by atoms with Crippen LogP contribution in [0.15, 0.2) is 4.79 Å². The van der Waals surface area contributed by atoms with Gasteiger partial charge in [-0.25, -0.2) is 5.10 Å². The standard InChI is InChI=1S/C11H15N3O2S/c1-6-4-14(10(15)7-2-3-7)5-8(6)9-12-13-11(16)17-9/h6-8H,2-5H2,1H3,(H,13,16)/t6-,8+/m1/s1. The molecule has 3 rings (SSSR count). The third-order valence-electron chi connectivity index (χ3n) is 3.62. The van der Waals surface area contributed by atoms with Crippen molar-refractivity contribution in [1.29, 1.82) is 0 Å². The van der Waals surface area contributed by atoms with E-state index < -0.39 is 0 Å². The summed E-state index contributed by atoms with van der Waals surface area (Å²) in [6.07, 6.45) is 2.09. The summed E-state index contributed by atoms with van der Waals surface area (Å²) < 4.78 is 0. The first-order chi connectivity index (χ1) is 8.15. The second kappa shape index (κ2) is 3.94. The number of aromatic amines is 1. The summed E-state index contributed by atoms with van der Waals surface area (Å²) in [5, 5.41) is 7.34. The Morgan fingerprint density at radius 2 is 2.24 bits per heavy atom. The summed E-state index contributed by atoms with van der Waals surface area (Å²) in [6.45, 7) is 3.64. The van der Waals surface area contributed by atoms with Crippen LogP contribution in [0, 0.1) is 11.8 Å². The quantitative estimate of drug-likeness (QED) is 0.848. The number of carbonyl (C=O) groups excluding carboxylic acids is 1. The van der Waals surface area contributed by atoms with Crippen LogP contribution in [-0.4, -0.2) is 34.1 Å². The van der Waals surface area contributed by atoms with Crippen LogP contribution in [0.4, 0.5) is 0 Å². The number of rotatable bonds is 2. The summed E-state index contributed by atoms with van der Waals surface area (Å²) in [5.41, 5.74) is 0. The van der Waals surface area contributed by atoms with Gasteiger partial charge in [0.1, 0.15) is 5.01 Å². The molecule has 6 heteroatoms. The summed E-state index contributed by atoms with van der Waals surface area (Å²) >= 11 is 1.17. The summed E-state index contributed by atoms with van der Waals surface area (Å²) in [5.74, 6) is 1.18. The van der Waals surface area contributed by atoms with E-state index in [1.54, 1.807) is 0 Å². The van der Waals surface area contributed by atoms with Crippen molar-refractivity contribution in [3.05, 3.63) is 14.7 Å². The highest BCUT2D eigenvalue weighted by atomic mass is 32.1. The number of nitrogens with zero attached hydrogens (tertiary/aromatic N) is 2. The van der Waals surface area contributed by atoms with Crippen LogP contribution in [0.1, 0.15) is 30.7 Å². The summed E-state index contributed by atoms with van der Waals surface area (Å²) in [7, 11) is 0. The average molecular weight is 253 g/mol. The number of likely N-dealkylation sites (tertiary alicyclic amines) is 1. The second-order valence-corrected chi connectivity index (χ2v) is 6.05. The Balaban J connectivity index is 1.75. The molecular formula is C11H15N3O2S. The normalized spacial score (nSPS) is 28.6. The monoisotopic (exact) mass is 253 g/mol. The van der Waals surface area contributed by atoms with Crippen molar-refractivity contribution in [2.24, 2.45) is 11.8 Å². The van der Waals surface area contributed by atoms with Gasteiger partial charge in [-0.1, -0.05) is 18.3 Å². The van der Waals surface area contributed by atoms with E-state index in [9.17, 15) is 9.59 Å². The van der Waals surface area contributed by atoms with Crippen molar-refractivity contribution < 1.29 is 4.79 Å². The van der Waals surface area contributed by atoms with Crippen LogP contribution >= 0.6 is 11.3 Å². The van der Waals surface area contributed by atoms with Crippen molar-refractivity contribution in [3.63, 3.8) is 0 Å². The molecule has 0 radical (unpaired) electrons.